The van der Waals surface area contributed by atoms with E-state index in [0.717, 1.165) is 12.1 Å². The normalized spacial score (nSPS) is 11.0. The highest BCUT2D eigenvalue weighted by Gasteiger charge is 2.30. The minimum atomic E-state index is -4.50. The average Bonchev–Trinajstić information content (AvgIpc) is 2.52. The number of halogens is 4. The smallest absolute Gasteiger partial charge is 0.416 e. The van der Waals surface area contributed by atoms with Crippen molar-refractivity contribution in [3.63, 3.8) is 0 Å². The van der Waals surface area contributed by atoms with E-state index < -0.39 is 30.2 Å². The molecule has 0 bridgehead atoms. The lowest BCUT2D eigenvalue weighted by Crippen LogP contribution is -2.21. The Morgan fingerprint density at radius 2 is 1.79 bits per heavy atom. The molecule has 0 aliphatic rings. The van der Waals surface area contributed by atoms with E-state index in [4.69, 9.17) is 4.74 Å². The lowest BCUT2D eigenvalue weighted by atomic mass is 10.2. The summed E-state index contributed by atoms with van der Waals surface area (Å²) in [4.78, 5) is 23.6. The molecular weight excluding hydrogens is 438 g/mol. The van der Waals surface area contributed by atoms with Crippen LogP contribution in [-0.2, 0) is 15.7 Å². The van der Waals surface area contributed by atoms with Gasteiger partial charge in [-0.3, -0.25) is 4.79 Å². The monoisotopic (exact) mass is 449 g/mol. The van der Waals surface area contributed by atoms with E-state index in [1.807, 2.05) is 22.6 Å². The SMILES string of the molecule is O=C(COC(=O)c1ccccc1I)Nc1cccc(C(F)(F)F)c1. The van der Waals surface area contributed by atoms with Crippen molar-refractivity contribution in [2.45, 2.75) is 6.18 Å². The van der Waals surface area contributed by atoms with E-state index in [9.17, 15) is 22.8 Å². The molecule has 0 saturated heterocycles. The Hall–Kier alpha value is -2.10. The lowest BCUT2D eigenvalue weighted by molar-refractivity contribution is -0.137. The standard InChI is InChI=1S/C16H11F3INO3/c17-16(18,19)10-4-3-5-11(8-10)21-14(22)9-24-15(23)12-6-1-2-7-13(12)20/h1-8H,9H2,(H,21,22). The minimum absolute atomic E-state index is 0.0276. The zero-order valence-corrected chi connectivity index (χ0v) is 14.2. The molecule has 0 heterocycles. The van der Waals surface area contributed by atoms with Crippen molar-refractivity contribution in [2.75, 3.05) is 11.9 Å². The fraction of sp³-hybridized carbons (Fsp3) is 0.125. The molecular formula is C16H11F3INO3. The molecule has 126 valence electrons. The first-order chi connectivity index (χ1) is 11.3. The summed E-state index contributed by atoms with van der Waals surface area (Å²) < 4.78 is 43.3. The number of rotatable bonds is 4. The van der Waals surface area contributed by atoms with Gasteiger partial charge in [0, 0.05) is 9.26 Å². The lowest BCUT2D eigenvalue weighted by Gasteiger charge is -2.10. The van der Waals surface area contributed by atoms with Gasteiger partial charge in [-0.15, -0.1) is 0 Å². The summed E-state index contributed by atoms with van der Waals surface area (Å²) in [6.07, 6.45) is -4.50. The molecule has 0 radical (unpaired) electrons. The van der Waals surface area contributed by atoms with Gasteiger partial charge in [-0.05, 0) is 52.9 Å². The van der Waals surface area contributed by atoms with Gasteiger partial charge in [-0.1, -0.05) is 18.2 Å². The van der Waals surface area contributed by atoms with Crippen LogP contribution in [0.2, 0.25) is 0 Å². The molecule has 1 N–H and O–H groups in total. The Balaban J connectivity index is 1.95. The van der Waals surface area contributed by atoms with Crippen molar-refractivity contribution in [1.29, 1.82) is 0 Å². The molecule has 0 spiro atoms. The molecule has 4 nitrogen and oxygen atoms in total. The molecule has 8 heteroatoms. The van der Waals surface area contributed by atoms with Gasteiger partial charge in [0.05, 0.1) is 11.1 Å². The van der Waals surface area contributed by atoms with Crippen LogP contribution in [0.4, 0.5) is 18.9 Å². The summed E-state index contributed by atoms with van der Waals surface area (Å²) in [6, 6.07) is 10.9. The van der Waals surface area contributed by atoms with Gasteiger partial charge in [0.1, 0.15) is 0 Å². The third-order valence-electron chi connectivity index (χ3n) is 2.90. The van der Waals surface area contributed by atoms with Gasteiger partial charge in [0.25, 0.3) is 5.91 Å². The van der Waals surface area contributed by atoms with Crippen LogP contribution in [0, 0.1) is 3.57 Å². The number of nitrogens with one attached hydrogen (secondary N) is 1. The number of ether oxygens (including phenoxy) is 1. The molecule has 0 saturated carbocycles. The maximum atomic E-state index is 12.6. The first-order valence-electron chi connectivity index (χ1n) is 6.66. The van der Waals surface area contributed by atoms with Crippen molar-refractivity contribution in [1.82, 2.24) is 0 Å². The van der Waals surface area contributed by atoms with Gasteiger partial charge in [0.15, 0.2) is 6.61 Å². The molecule has 0 unspecified atom stereocenters. The number of esters is 1. The number of carbonyl (C=O) groups is 2. The zero-order valence-electron chi connectivity index (χ0n) is 12.1. The number of benzene rings is 2. The fourth-order valence-corrected chi connectivity index (χ4v) is 2.41. The summed E-state index contributed by atoms with van der Waals surface area (Å²) in [5.74, 6) is -1.41. The largest absolute Gasteiger partial charge is 0.452 e. The molecule has 2 aromatic carbocycles. The van der Waals surface area contributed by atoms with Crippen LogP contribution in [0.3, 0.4) is 0 Å². The quantitative estimate of drug-likeness (QED) is 0.565. The van der Waals surface area contributed by atoms with Gasteiger partial charge in [-0.25, -0.2) is 4.79 Å². The Bertz CT molecular complexity index is 762. The van der Waals surface area contributed by atoms with Crippen LogP contribution in [0.15, 0.2) is 48.5 Å². The van der Waals surface area contributed by atoms with Crippen LogP contribution >= 0.6 is 22.6 Å². The van der Waals surface area contributed by atoms with Gasteiger partial charge in [-0.2, -0.15) is 13.2 Å². The maximum absolute atomic E-state index is 12.6. The molecule has 2 aromatic rings. The second kappa shape index (κ2) is 7.65. The molecule has 1 amide bonds. The zero-order chi connectivity index (χ0) is 17.7. The molecule has 0 aliphatic carbocycles. The van der Waals surface area contributed by atoms with E-state index in [1.54, 1.807) is 24.3 Å². The molecule has 0 atom stereocenters. The summed E-state index contributed by atoms with van der Waals surface area (Å²) in [6.45, 7) is -0.597. The number of hydrogen-bond acceptors (Lipinski definition) is 3. The van der Waals surface area contributed by atoms with Crippen LogP contribution in [0.25, 0.3) is 0 Å². The van der Waals surface area contributed by atoms with Crippen molar-refractivity contribution >= 4 is 40.2 Å². The third-order valence-corrected chi connectivity index (χ3v) is 3.84. The molecule has 0 aliphatic heterocycles. The molecule has 2 rings (SSSR count). The molecule has 0 fully saturated rings. The number of hydrogen-bond donors (Lipinski definition) is 1. The first kappa shape index (κ1) is 18.2. The summed E-state index contributed by atoms with van der Waals surface area (Å²) >= 11 is 1.95. The molecule has 0 aromatic heterocycles. The third kappa shape index (κ3) is 4.95. The second-order valence-electron chi connectivity index (χ2n) is 4.68. The Labute approximate surface area is 149 Å². The first-order valence-corrected chi connectivity index (χ1v) is 7.74. The maximum Gasteiger partial charge on any atom is 0.416 e. The van der Waals surface area contributed by atoms with Gasteiger partial charge in [0.2, 0.25) is 0 Å². The fourth-order valence-electron chi connectivity index (χ4n) is 1.81. The molecule has 24 heavy (non-hydrogen) atoms. The number of carbonyl (C=O) groups excluding carboxylic acids is 2. The summed E-state index contributed by atoms with van der Waals surface area (Å²) in [5, 5.41) is 2.26. The Morgan fingerprint density at radius 1 is 1.08 bits per heavy atom. The predicted octanol–water partition coefficient (Wildman–Crippen LogP) is 4.11. The topological polar surface area (TPSA) is 55.4 Å². The average molecular weight is 449 g/mol. The Kier molecular flexibility index (Phi) is 5.81. The van der Waals surface area contributed by atoms with Crippen molar-refractivity contribution < 1.29 is 27.5 Å². The number of anilines is 1. The van der Waals surface area contributed by atoms with Crippen molar-refractivity contribution in [3.05, 3.63) is 63.2 Å². The van der Waals surface area contributed by atoms with Crippen LogP contribution < -0.4 is 5.32 Å². The van der Waals surface area contributed by atoms with E-state index in [-0.39, 0.29) is 5.69 Å². The highest BCUT2D eigenvalue weighted by atomic mass is 127. The van der Waals surface area contributed by atoms with Crippen LogP contribution in [0.5, 0.6) is 0 Å². The van der Waals surface area contributed by atoms with Crippen molar-refractivity contribution in [3.8, 4) is 0 Å². The van der Waals surface area contributed by atoms with Gasteiger partial charge >= 0.3 is 12.1 Å². The van der Waals surface area contributed by atoms with E-state index >= 15 is 0 Å². The highest BCUT2D eigenvalue weighted by molar-refractivity contribution is 14.1. The van der Waals surface area contributed by atoms with E-state index in [2.05, 4.69) is 5.32 Å². The Morgan fingerprint density at radius 3 is 2.46 bits per heavy atom. The second-order valence-corrected chi connectivity index (χ2v) is 5.84. The predicted molar refractivity (Wildman–Crippen MR) is 89.5 cm³/mol. The summed E-state index contributed by atoms with van der Waals surface area (Å²) in [7, 11) is 0. The van der Waals surface area contributed by atoms with Crippen molar-refractivity contribution in [2.24, 2.45) is 0 Å². The summed E-state index contributed by atoms with van der Waals surface area (Å²) in [5.41, 5.74) is -0.596. The van der Waals surface area contributed by atoms with E-state index in [0.29, 0.717) is 9.13 Å². The highest BCUT2D eigenvalue weighted by Crippen LogP contribution is 2.30. The van der Waals surface area contributed by atoms with E-state index in [1.165, 1.54) is 12.1 Å². The van der Waals surface area contributed by atoms with Crippen LogP contribution in [0.1, 0.15) is 15.9 Å². The number of alkyl halides is 3. The number of amides is 1. The minimum Gasteiger partial charge on any atom is -0.452 e. The van der Waals surface area contributed by atoms with Crippen LogP contribution in [-0.4, -0.2) is 18.5 Å². The van der Waals surface area contributed by atoms with Gasteiger partial charge < -0.3 is 10.1 Å².